The highest BCUT2D eigenvalue weighted by molar-refractivity contribution is 6.02. The lowest BCUT2D eigenvalue weighted by Gasteiger charge is -2.32. The van der Waals surface area contributed by atoms with Gasteiger partial charge in [-0.1, -0.05) is 0 Å². The second kappa shape index (κ2) is 7.80. The Kier molecular flexibility index (Phi) is 5.46. The maximum absolute atomic E-state index is 14.5. The topological polar surface area (TPSA) is 113 Å². The number of ether oxygens (including phenoxy) is 1. The smallest absolute Gasteiger partial charge is 0.274 e. The van der Waals surface area contributed by atoms with Crippen molar-refractivity contribution in [1.82, 2.24) is 10.3 Å². The minimum absolute atomic E-state index is 0.157. The van der Waals surface area contributed by atoms with Crippen LogP contribution in [-0.4, -0.2) is 30.3 Å². The van der Waals surface area contributed by atoms with Crippen LogP contribution in [0.2, 0.25) is 0 Å². The lowest BCUT2D eigenvalue weighted by Crippen LogP contribution is -2.51. The number of hydrogen-bond donors (Lipinski definition) is 3. The lowest BCUT2D eigenvalue weighted by atomic mass is 9.91. The van der Waals surface area contributed by atoms with Gasteiger partial charge in [-0.15, -0.1) is 0 Å². The van der Waals surface area contributed by atoms with Crippen LogP contribution in [0.5, 0.6) is 0 Å². The van der Waals surface area contributed by atoms with Crippen LogP contribution in [0.1, 0.15) is 35.0 Å². The molecule has 1 aliphatic rings. The molecule has 0 aliphatic carbocycles. The minimum atomic E-state index is -0.826. The predicted octanol–water partition coefficient (Wildman–Crippen LogP) is 1.85. The number of halogens is 1. The Balaban J connectivity index is 1.84. The van der Waals surface area contributed by atoms with Gasteiger partial charge in [-0.25, -0.2) is 9.37 Å². The second-order valence-electron chi connectivity index (χ2n) is 6.62. The molecule has 1 fully saturated rings. The molecule has 2 aromatic rings. The average molecular weight is 369 g/mol. The van der Waals surface area contributed by atoms with Gasteiger partial charge in [0.1, 0.15) is 17.6 Å². The molecular weight excluding hydrogens is 349 g/mol. The summed E-state index contributed by atoms with van der Waals surface area (Å²) >= 11 is 0. The monoisotopic (exact) mass is 369 g/mol. The van der Waals surface area contributed by atoms with Crippen molar-refractivity contribution in [3.63, 3.8) is 0 Å². The summed E-state index contributed by atoms with van der Waals surface area (Å²) in [4.78, 5) is 16.3. The number of anilines is 1. The quantitative estimate of drug-likeness (QED) is 0.761. The van der Waals surface area contributed by atoms with Gasteiger partial charge in [-0.2, -0.15) is 5.26 Å². The van der Waals surface area contributed by atoms with Crippen LogP contribution in [0.25, 0.3) is 0 Å². The van der Waals surface area contributed by atoms with Crippen LogP contribution in [0, 0.1) is 17.1 Å². The summed E-state index contributed by atoms with van der Waals surface area (Å²) in [5, 5.41) is 14.7. The van der Waals surface area contributed by atoms with Crippen molar-refractivity contribution >= 4 is 11.6 Å². The molecule has 1 saturated heterocycles. The summed E-state index contributed by atoms with van der Waals surface area (Å²) in [5.74, 6) is -0.874. The molecule has 4 N–H and O–H groups in total. The van der Waals surface area contributed by atoms with Crippen molar-refractivity contribution in [2.75, 3.05) is 18.5 Å². The first-order chi connectivity index (χ1) is 12.9. The van der Waals surface area contributed by atoms with E-state index in [-0.39, 0.29) is 18.5 Å². The molecule has 0 radical (unpaired) electrons. The molecule has 7 nitrogen and oxygen atoms in total. The first kappa shape index (κ1) is 18.9. The van der Waals surface area contributed by atoms with Crippen LogP contribution >= 0.6 is 0 Å². The van der Waals surface area contributed by atoms with Crippen LogP contribution in [0.3, 0.4) is 0 Å². The molecule has 140 valence electrons. The molecule has 0 saturated carbocycles. The zero-order valence-corrected chi connectivity index (χ0v) is 14.8. The van der Waals surface area contributed by atoms with Gasteiger partial charge in [-0.3, -0.25) is 10.1 Å². The zero-order valence-electron chi connectivity index (χ0n) is 14.8. The summed E-state index contributed by atoms with van der Waals surface area (Å²) in [6, 6.07) is 9.23. The van der Waals surface area contributed by atoms with E-state index < -0.39 is 17.3 Å². The van der Waals surface area contributed by atoms with Gasteiger partial charge in [0.2, 0.25) is 0 Å². The van der Waals surface area contributed by atoms with Crippen molar-refractivity contribution in [2.24, 2.45) is 5.73 Å². The Morgan fingerprint density at radius 3 is 3.00 bits per heavy atom. The summed E-state index contributed by atoms with van der Waals surface area (Å²) in [6.07, 6.45) is 1.62. The molecule has 1 amide bonds. The SMILES string of the molecule is CC1(c2cc(NC(=O)c3ccc(C#N)cn3)ccc2F)COCCC(N)N1. The van der Waals surface area contributed by atoms with Crippen LogP contribution in [0.4, 0.5) is 10.1 Å². The molecule has 2 unspecified atom stereocenters. The number of amides is 1. The molecule has 0 spiro atoms. The molecule has 1 aromatic heterocycles. The summed E-state index contributed by atoms with van der Waals surface area (Å²) < 4.78 is 20.1. The molecule has 8 heteroatoms. The van der Waals surface area contributed by atoms with Crippen LogP contribution < -0.4 is 16.4 Å². The fourth-order valence-electron chi connectivity index (χ4n) is 2.98. The van der Waals surface area contributed by atoms with E-state index in [1.54, 1.807) is 6.07 Å². The predicted molar refractivity (Wildman–Crippen MR) is 97.2 cm³/mol. The number of benzene rings is 1. The van der Waals surface area contributed by atoms with E-state index >= 15 is 0 Å². The fraction of sp³-hybridized carbons (Fsp3) is 0.316. The van der Waals surface area contributed by atoms with E-state index in [1.165, 1.54) is 30.5 Å². The van der Waals surface area contributed by atoms with Crippen molar-refractivity contribution < 1.29 is 13.9 Å². The lowest BCUT2D eigenvalue weighted by molar-refractivity contribution is 0.0968. The summed E-state index contributed by atoms with van der Waals surface area (Å²) in [5.41, 5.74) is 6.46. The van der Waals surface area contributed by atoms with E-state index in [0.717, 1.165) is 0 Å². The first-order valence-electron chi connectivity index (χ1n) is 8.50. The largest absolute Gasteiger partial charge is 0.379 e. The molecule has 27 heavy (non-hydrogen) atoms. The van der Waals surface area contributed by atoms with Crippen molar-refractivity contribution in [1.29, 1.82) is 5.26 Å². The third-order valence-corrected chi connectivity index (χ3v) is 4.41. The number of hydrogen-bond acceptors (Lipinski definition) is 6. The summed E-state index contributed by atoms with van der Waals surface area (Å²) in [6.45, 7) is 2.56. The third-order valence-electron chi connectivity index (χ3n) is 4.41. The average Bonchev–Trinajstić information content (AvgIpc) is 2.84. The van der Waals surface area contributed by atoms with Gasteiger partial charge in [-0.05, 0) is 43.7 Å². The molecule has 3 rings (SSSR count). The highest BCUT2D eigenvalue weighted by atomic mass is 19.1. The van der Waals surface area contributed by atoms with Gasteiger partial charge in [0.15, 0.2) is 0 Å². The Bertz CT molecular complexity index is 881. The first-order valence-corrected chi connectivity index (χ1v) is 8.50. The molecule has 2 heterocycles. The molecule has 2 atom stereocenters. The number of nitrogens with two attached hydrogens (primary N) is 1. The second-order valence-corrected chi connectivity index (χ2v) is 6.62. The van der Waals surface area contributed by atoms with E-state index in [4.69, 9.17) is 15.7 Å². The number of nitriles is 1. The molecular formula is C19H20FN5O2. The normalized spacial score (nSPS) is 22.5. The number of carbonyl (C=O) groups is 1. The van der Waals surface area contributed by atoms with Crippen molar-refractivity contribution in [3.05, 3.63) is 59.2 Å². The van der Waals surface area contributed by atoms with Gasteiger partial charge >= 0.3 is 0 Å². The molecule has 1 aromatic carbocycles. The van der Waals surface area contributed by atoms with Crippen molar-refractivity contribution in [3.8, 4) is 6.07 Å². The number of nitrogens with zero attached hydrogens (tertiary/aromatic N) is 2. The number of rotatable bonds is 3. The number of carbonyl (C=O) groups excluding carboxylic acids is 1. The van der Waals surface area contributed by atoms with Gasteiger partial charge < -0.3 is 15.8 Å². The third kappa shape index (κ3) is 4.28. The number of aromatic nitrogens is 1. The Labute approximate surface area is 156 Å². The molecule has 0 bridgehead atoms. The number of pyridine rings is 1. The van der Waals surface area contributed by atoms with Crippen LogP contribution in [-0.2, 0) is 10.3 Å². The van der Waals surface area contributed by atoms with Crippen molar-refractivity contribution in [2.45, 2.75) is 25.0 Å². The minimum Gasteiger partial charge on any atom is -0.379 e. The van der Waals surface area contributed by atoms with E-state index in [9.17, 15) is 9.18 Å². The van der Waals surface area contributed by atoms with Gasteiger partial charge in [0.05, 0.1) is 23.9 Å². The van der Waals surface area contributed by atoms with E-state index in [0.29, 0.717) is 29.8 Å². The van der Waals surface area contributed by atoms with Gasteiger partial charge in [0.25, 0.3) is 5.91 Å². The van der Waals surface area contributed by atoms with Crippen LogP contribution in [0.15, 0.2) is 36.5 Å². The highest BCUT2D eigenvalue weighted by Gasteiger charge is 2.33. The van der Waals surface area contributed by atoms with E-state index in [2.05, 4.69) is 15.6 Å². The Morgan fingerprint density at radius 2 is 2.30 bits per heavy atom. The Hall–Kier alpha value is -2.86. The fourth-order valence-corrected chi connectivity index (χ4v) is 2.98. The van der Waals surface area contributed by atoms with Gasteiger partial charge in [0, 0.05) is 24.1 Å². The zero-order chi connectivity index (χ0) is 19.4. The maximum Gasteiger partial charge on any atom is 0.274 e. The van der Waals surface area contributed by atoms with E-state index in [1.807, 2.05) is 13.0 Å². The number of nitrogens with one attached hydrogen (secondary N) is 2. The molecule has 1 aliphatic heterocycles. The standard InChI is InChI=1S/C19H20FN5O2/c1-19(11-27-7-6-17(22)25-19)14-8-13(3-4-15(14)20)24-18(26)16-5-2-12(9-21)10-23-16/h2-5,8,10,17,25H,6-7,11,22H2,1H3,(H,24,26). The maximum atomic E-state index is 14.5. The summed E-state index contributed by atoms with van der Waals surface area (Å²) in [7, 11) is 0. The highest BCUT2D eigenvalue weighted by Crippen LogP contribution is 2.29. The Morgan fingerprint density at radius 1 is 1.48 bits per heavy atom.